The van der Waals surface area contributed by atoms with Crippen LogP contribution in [-0.4, -0.2) is 19.6 Å². The first-order valence-corrected chi connectivity index (χ1v) is 10.6. The van der Waals surface area contributed by atoms with E-state index < -0.39 is 0 Å². The largest absolute Gasteiger partial charge is 0.364 e. The predicted octanol–water partition coefficient (Wildman–Crippen LogP) is 5.86. The Morgan fingerprint density at radius 1 is 1.03 bits per heavy atom. The number of benzene rings is 1. The lowest BCUT2D eigenvalue weighted by atomic mass is 10.0. The Hall–Kier alpha value is -3.99. The number of allylic oxidation sites excluding steroid dienone is 4. The van der Waals surface area contributed by atoms with Crippen molar-refractivity contribution < 1.29 is 0 Å². The number of rotatable bonds is 8. The topological polar surface area (TPSA) is 55.1 Å². The Morgan fingerprint density at radius 3 is 2.50 bits per heavy atom. The highest BCUT2D eigenvalue weighted by atomic mass is 15.3. The molecule has 0 saturated carbocycles. The van der Waals surface area contributed by atoms with Crippen molar-refractivity contribution in [1.29, 1.82) is 0 Å². The molecule has 0 atom stereocenters. The maximum absolute atomic E-state index is 4.99. The van der Waals surface area contributed by atoms with E-state index in [2.05, 4.69) is 35.6 Å². The average molecular weight is 422 g/mol. The lowest BCUT2D eigenvalue weighted by Gasteiger charge is -2.16. The zero-order valence-corrected chi connectivity index (χ0v) is 18.5. The maximum Gasteiger partial charge on any atom is 0.165 e. The van der Waals surface area contributed by atoms with E-state index >= 15 is 0 Å². The van der Waals surface area contributed by atoms with Crippen molar-refractivity contribution in [2.24, 2.45) is 0 Å². The molecular weight excluding hydrogens is 394 g/mol. The van der Waals surface area contributed by atoms with Crippen LogP contribution in [0.2, 0.25) is 0 Å². The highest BCUT2D eigenvalue weighted by Crippen LogP contribution is 2.32. The fraction of sp³-hybridized carbons (Fsp3) is 0.148. The van der Waals surface area contributed by atoms with Gasteiger partial charge >= 0.3 is 0 Å². The molecule has 0 radical (unpaired) electrons. The molecule has 3 heterocycles. The van der Waals surface area contributed by atoms with Crippen LogP contribution in [0, 0.1) is 13.8 Å². The number of aryl methyl sites for hydroxylation is 2. The molecule has 0 spiro atoms. The van der Waals surface area contributed by atoms with E-state index in [1.807, 2.05) is 66.9 Å². The zero-order valence-electron chi connectivity index (χ0n) is 18.5. The van der Waals surface area contributed by atoms with Crippen molar-refractivity contribution >= 4 is 11.5 Å². The monoisotopic (exact) mass is 421 g/mol. The van der Waals surface area contributed by atoms with Crippen molar-refractivity contribution in [3.8, 4) is 11.1 Å². The fourth-order valence-electron chi connectivity index (χ4n) is 3.87. The molecule has 0 fully saturated rings. The standard InChI is InChI=1S/C27H27N5/c1-5-12-21(6-2)17-24-19(3)30-27-25(22-13-8-7-9-14-22)20(4)31-32(27)26(24)29-18-23-15-10-11-16-28-23/h5-16,29H,1-2,17-18H2,3-4H3/b21-12+. The van der Waals surface area contributed by atoms with E-state index in [0.29, 0.717) is 13.0 Å². The average Bonchev–Trinajstić information content (AvgIpc) is 3.14. The van der Waals surface area contributed by atoms with Crippen molar-refractivity contribution in [1.82, 2.24) is 19.6 Å². The number of hydrogen-bond acceptors (Lipinski definition) is 4. The van der Waals surface area contributed by atoms with Crippen molar-refractivity contribution in [2.75, 3.05) is 5.32 Å². The predicted molar refractivity (Wildman–Crippen MR) is 132 cm³/mol. The van der Waals surface area contributed by atoms with Crippen LogP contribution in [0.3, 0.4) is 0 Å². The minimum absolute atomic E-state index is 0.584. The van der Waals surface area contributed by atoms with Gasteiger partial charge in [0.2, 0.25) is 0 Å². The molecule has 4 rings (SSSR count). The van der Waals surface area contributed by atoms with Crippen molar-refractivity contribution in [3.05, 3.63) is 114 Å². The molecule has 0 bridgehead atoms. The Kier molecular flexibility index (Phi) is 6.26. The summed E-state index contributed by atoms with van der Waals surface area (Å²) in [7, 11) is 0. The second-order valence-electron chi connectivity index (χ2n) is 7.62. The highest BCUT2D eigenvalue weighted by Gasteiger charge is 2.20. The normalized spacial score (nSPS) is 11.5. The van der Waals surface area contributed by atoms with Gasteiger partial charge in [-0.2, -0.15) is 9.61 Å². The van der Waals surface area contributed by atoms with Gasteiger partial charge in [0.15, 0.2) is 5.65 Å². The summed E-state index contributed by atoms with van der Waals surface area (Å²) in [5, 5.41) is 8.48. The van der Waals surface area contributed by atoms with Gasteiger partial charge in [-0.15, -0.1) is 0 Å². The molecule has 0 aliphatic rings. The molecule has 32 heavy (non-hydrogen) atoms. The SMILES string of the molecule is C=C/C=C(\C=C)Cc1c(C)nc2c(-c3ccccc3)c(C)nn2c1NCc1ccccn1. The Balaban J connectivity index is 1.89. The van der Waals surface area contributed by atoms with Gasteiger partial charge in [0.1, 0.15) is 5.82 Å². The lowest BCUT2D eigenvalue weighted by molar-refractivity contribution is 0.873. The first-order chi connectivity index (χ1) is 15.6. The van der Waals surface area contributed by atoms with E-state index in [4.69, 9.17) is 10.1 Å². The van der Waals surface area contributed by atoms with Gasteiger partial charge in [-0.3, -0.25) is 4.98 Å². The van der Waals surface area contributed by atoms with Crippen LogP contribution in [0.5, 0.6) is 0 Å². The molecule has 3 aromatic heterocycles. The number of anilines is 1. The highest BCUT2D eigenvalue weighted by molar-refractivity contribution is 5.81. The van der Waals surface area contributed by atoms with E-state index in [9.17, 15) is 0 Å². The van der Waals surface area contributed by atoms with Gasteiger partial charge in [0.25, 0.3) is 0 Å². The molecule has 0 amide bonds. The Morgan fingerprint density at radius 2 is 1.81 bits per heavy atom. The van der Waals surface area contributed by atoms with Gasteiger partial charge in [0.05, 0.1) is 17.9 Å². The second kappa shape index (κ2) is 9.43. The number of aromatic nitrogens is 4. The summed E-state index contributed by atoms with van der Waals surface area (Å²) in [4.78, 5) is 9.45. The van der Waals surface area contributed by atoms with E-state index in [0.717, 1.165) is 50.8 Å². The van der Waals surface area contributed by atoms with Gasteiger partial charge < -0.3 is 5.32 Å². The maximum atomic E-state index is 4.99. The number of hydrogen-bond donors (Lipinski definition) is 1. The molecule has 1 N–H and O–H groups in total. The molecule has 5 heteroatoms. The first-order valence-electron chi connectivity index (χ1n) is 10.6. The lowest BCUT2D eigenvalue weighted by Crippen LogP contribution is -2.12. The van der Waals surface area contributed by atoms with Gasteiger partial charge in [-0.25, -0.2) is 4.98 Å². The van der Waals surface area contributed by atoms with Crippen molar-refractivity contribution in [3.63, 3.8) is 0 Å². The quantitative estimate of drug-likeness (QED) is 0.362. The van der Waals surface area contributed by atoms with Gasteiger partial charge in [-0.1, -0.05) is 67.8 Å². The summed E-state index contributed by atoms with van der Waals surface area (Å²) in [6.07, 6.45) is 8.10. The third-order valence-corrected chi connectivity index (χ3v) is 5.44. The van der Waals surface area contributed by atoms with Crippen molar-refractivity contribution in [2.45, 2.75) is 26.8 Å². The number of nitrogens with zero attached hydrogens (tertiary/aromatic N) is 4. The van der Waals surface area contributed by atoms with E-state index in [-0.39, 0.29) is 0 Å². The summed E-state index contributed by atoms with van der Waals surface area (Å²) >= 11 is 0. The number of fused-ring (bicyclic) bond motifs is 1. The summed E-state index contributed by atoms with van der Waals surface area (Å²) in [5.74, 6) is 0.917. The molecule has 0 aliphatic heterocycles. The minimum Gasteiger partial charge on any atom is -0.364 e. The zero-order chi connectivity index (χ0) is 22.5. The fourth-order valence-corrected chi connectivity index (χ4v) is 3.87. The third-order valence-electron chi connectivity index (χ3n) is 5.44. The molecular formula is C27H27N5. The summed E-state index contributed by atoms with van der Waals surface area (Å²) in [6.45, 7) is 12.4. The van der Waals surface area contributed by atoms with Crippen LogP contribution >= 0.6 is 0 Å². The van der Waals surface area contributed by atoms with Crippen LogP contribution < -0.4 is 5.32 Å². The van der Waals surface area contributed by atoms with Crippen LogP contribution in [-0.2, 0) is 13.0 Å². The Bertz CT molecular complexity index is 1280. The first kappa shape index (κ1) is 21.2. The van der Waals surface area contributed by atoms with Crippen LogP contribution in [0.15, 0.2) is 91.7 Å². The summed E-state index contributed by atoms with van der Waals surface area (Å²) < 4.78 is 1.93. The van der Waals surface area contributed by atoms with Gasteiger partial charge in [-0.05, 0) is 37.1 Å². The molecule has 0 saturated heterocycles. The van der Waals surface area contributed by atoms with E-state index in [1.54, 1.807) is 12.3 Å². The van der Waals surface area contributed by atoms with Crippen LogP contribution in [0.1, 0.15) is 22.6 Å². The summed E-state index contributed by atoms with van der Waals surface area (Å²) in [6, 6.07) is 16.2. The van der Waals surface area contributed by atoms with Crippen LogP contribution in [0.25, 0.3) is 16.8 Å². The van der Waals surface area contributed by atoms with Gasteiger partial charge in [0, 0.05) is 29.4 Å². The molecule has 0 aliphatic carbocycles. The van der Waals surface area contributed by atoms with E-state index in [1.165, 1.54) is 0 Å². The second-order valence-corrected chi connectivity index (χ2v) is 7.62. The third kappa shape index (κ3) is 4.23. The molecule has 160 valence electrons. The molecule has 4 aromatic rings. The Labute approximate surface area is 188 Å². The molecule has 5 nitrogen and oxygen atoms in total. The summed E-state index contributed by atoms with van der Waals surface area (Å²) in [5.41, 5.74) is 7.98. The minimum atomic E-state index is 0.584. The molecule has 0 unspecified atom stereocenters. The number of pyridine rings is 1. The van der Waals surface area contributed by atoms with Crippen LogP contribution in [0.4, 0.5) is 5.82 Å². The smallest absolute Gasteiger partial charge is 0.165 e. The number of nitrogens with one attached hydrogen (secondary N) is 1. The molecule has 1 aromatic carbocycles.